The Morgan fingerprint density at radius 1 is 0.889 bits per heavy atom. The van der Waals surface area contributed by atoms with Crippen LogP contribution in [0.15, 0.2) is 54.6 Å². The number of benzene rings is 2. The third-order valence-electron chi connectivity index (χ3n) is 2.81. The van der Waals surface area contributed by atoms with Gasteiger partial charge in [0.25, 0.3) is 0 Å². The van der Waals surface area contributed by atoms with E-state index in [-0.39, 0.29) is 5.78 Å². The molecule has 0 aliphatic carbocycles. The maximum absolute atomic E-state index is 12.2. The van der Waals surface area contributed by atoms with Crippen LogP contribution in [0.2, 0.25) is 0 Å². The van der Waals surface area contributed by atoms with E-state index in [9.17, 15) is 4.79 Å². The van der Waals surface area contributed by atoms with Crippen LogP contribution in [-0.4, -0.2) is 19.9 Å². The number of hydrogen-bond donors (Lipinski definition) is 1. The normalized spacial score (nSPS) is 10.6. The molecule has 1 N–H and O–H groups in total. The Morgan fingerprint density at radius 2 is 1.44 bits per heavy atom. The first-order valence-electron chi connectivity index (χ1n) is 6.14. The lowest BCUT2D eigenvalue weighted by molar-refractivity contribution is -0.872. The molecule has 2 heteroatoms. The van der Waals surface area contributed by atoms with Crippen molar-refractivity contribution in [2.45, 2.75) is 6.54 Å². The molecule has 2 rings (SSSR count). The van der Waals surface area contributed by atoms with E-state index >= 15 is 0 Å². The second kappa shape index (κ2) is 5.61. The number of carbonyl (C=O) groups is 1. The lowest BCUT2D eigenvalue weighted by Crippen LogP contribution is -3.04. The molecule has 0 atom stereocenters. The number of ketones is 1. The van der Waals surface area contributed by atoms with Crippen molar-refractivity contribution in [3.63, 3.8) is 0 Å². The summed E-state index contributed by atoms with van der Waals surface area (Å²) in [5.74, 6) is 0.0827. The number of carbonyl (C=O) groups excluding carboxylic acids is 1. The number of quaternary nitrogens is 1. The van der Waals surface area contributed by atoms with Gasteiger partial charge in [-0.15, -0.1) is 0 Å². The van der Waals surface area contributed by atoms with Gasteiger partial charge in [-0.2, -0.15) is 0 Å². The van der Waals surface area contributed by atoms with Crippen LogP contribution in [0.1, 0.15) is 21.5 Å². The fraction of sp³-hybridized carbons (Fsp3) is 0.188. The van der Waals surface area contributed by atoms with E-state index in [2.05, 4.69) is 14.1 Å². The molecule has 92 valence electrons. The molecule has 0 radical (unpaired) electrons. The highest BCUT2D eigenvalue weighted by Gasteiger charge is 2.08. The van der Waals surface area contributed by atoms with E-state index in [0.29, 0.717) is 0 Å². The fourth-order valence-corrected chi connectivity index (χ4v) is 1.94. The highest BCUT2D eigenvalue weighted by molar-refractivity contribution is 6.08. The van der Waals surface area contributed by atoms with E-state index in [1.165, 1.54) is 10.5 Å². The van der Waals surface area contributed by atoms with E-state index in [4.69, 9.17) is 0 Å². The topological polar surface area (TPSA) is 21.5 Å². The number of nitrogens with one attached hydrogen (secondary N) is 1. The minimum Gasteiger partial charge on any atom is -0.336 e. The fourth-order valence-electron chi connectivity index (χ4n) is 1.94. The van der Waals surface area contributed by atoms with Gasteiger partial charge in [0.15, 0.2) is 5.78 Å². The van der Waals surface area contributed by atoms with Gasteiger partial charge in [0.05, 0.1) is 14.1 Å². The Balaban J connectivity index is 2.17. The maximum atomic E-state index is 12.2. The molecule has 0 saturated carbocycles. The minimum atomic E-state index is 0.0827. The summed E-state index contributed by atoms with van der Waals surface area (Å²) in [6, 6.07) is 17.3. The van der Waals surface area contributed by atoms with Crippen LogP contribution < -0.4 is 4.90 Å². The molecule has 0 fully saturated rings. The molecule has 2 aromatic carbocycles. The summed E-state index contributed by atoms with van der Waals surface area (Å²) in [4.78, 5) is 13.5. The molecule has 0 aliphatic heterocycles. The molecule has 0 bridgehead atoms. The van der Waals surface area contributed by atoms with Gasteiger partial charge in [-0.25, -0.2) is 0 Å². The number of hydrogen-bond acceptors (Lipinski definition) is 1. The predicted molar refractivity (Wildman–Crippen MR) is 72.8 cm³/mol. The van der Waals surface area contributed by atoms with Crippen LogP contribution in [0.5, 0.6) is 0 Å². The van der Waals surface area contributed by atoms with Crippen LogP contribution in [0.3, 0.4) is 0 Å². The molecule has 0 saturated heterocycles. The second-order valence-corrected chi connectivity index (χ2v) is 4.78. The third kappa shape index (κ3) is 3.05. The average Bonchev–Trinajstić information content (AvgIpc) is 2.39. The van der Waals surface area contributed by atoms with Gasteiger partial charge in [0.2, 0.25) is 0 Å². The first kappa shape index (κ1) is 12.5. The van der Waals surface area contributed by atoms with Gasteiger partial charge in [-0.1, -0.05) is 54.6 Å². The van der Waals surface area contributed by atoms with Gasteiger partial charge in [-0.3, -0.25) is 4.79 Å². The molecule has 0 unspecified atom stereocenters. The average molecular weight is 240 g/mol. The summed E-state index contributed by atoms with van der Waals surface area (Å²) < 4.78 is 0. The van der Waals surface area contributed by atoms with Crippen LogP contribution in [0, 0.1) is 0 Å². The Kier molecular flexibility index (Phi) is 3.90. The standard InChI is InChI=1S/C16H17NO/c1-17(2)12-13-8-10-15(11-9-13)16(18)14-6-4-3-5-7-14/h3-11H,12H2,1-2H3/p+1. The van der Waals surface area contributed by atoms with Crippen molar-refractivity contribution in [1.82, 2.24) is 0 Å². The zero-order chi connectivity index (χ0) is 13.0. The molecule has 0 amide bonds. The Morgan fingerprint density at radius 3 is 2.00 bits per heavy atom. The first-order chi connectivity index (χ1) is 8.66. The van der Waals surface area contributed by atoms with Gasteiger partial charge in [0.1, 0.15) is 6.54 Å². The largest absolute Gasteiger partial charge is 0.336 e. The lowest BCUT2D eigenvalue weighted by atomic mass is 10.0. The minimum absolute atomic E-state index is 0.0827. The zero-order valence-electron chi connectivity index (χ0n) is 10.8. The molecule has 2 aromatic rings. The molecule has 18 heavy (non-hydrogen) atoms. The Labute approximate surface area is 108 Å². The van der Waals surface area contributed by atoms with Crippen molar-refractivity contribution in [1.29, 1.82) is 0 Å². The predicted octanol–water partition coefficient (Wildman–Crippen LogP) is 1.56. The monoisotopic (exact) mass is 240 g/mol. The van der Waals surface area contributed by atoms with Crippen LogP contribution in [-0.2, 0) is 6.54 Å². The third-order valence-corrected chi connectivity index (χ3v) is 2.81. The Bertz CT molecular complexity index is 515. The SMILES string of the molecule is C[NH+](C)Cc1ccc(C(=O)c2ccccc2)cc1. The molecule has 2 nitrogen and oxygen atoms in total. The maximum Gasteiger partial charge on any atom is 0.193 e. The quantitative estimate of drug-likeness (QED) is 0.805. The summed E-state index contributed by atoms with van der Waals surface area (Å²) in [7, 11) is 4.23. The summed E-state index contributed by atoms with van der Waals surface area (Å²) in [6.07, 6.45) is 0. The van der Waals surface area contributed by atoms with Gasteiger partial charge >= 0.3 is 0 Å². The summed E-state index contributed by atoms with van der Waals surface area (Å²) in [5, 5.41) is 0. The molecule has 0 aliphatic rings. The van der Waals surface area contributed by atoms with Crippen molar-refractivity contribution in [3.05, 3.63) is 71.3 Å². The molecular weight excluding hydrogens is 222 g/mol. The molecule has 0 aromatic heterocycles. The van der Waals surface area contributed by atoms with Gasteiger partial charge in [0, 0.05) is 16.7 Å². The van der Waals surface area contributed by atoms with E-state index in [0.717, 1.165) is 17.7 Å². The van der Waals surface area contributed by atoms with Gasteiger partial charge < -0.3 is 4.90 Å². The van der Waals surface area contributed by atoms with E-state index in [1.807, 2.05) is 54.6 Å². The molecular formula is C16H18NO+. The van der Waals surface area contributed by atoms with Crippen LogP contribution in [0.4, 0.5) is 0 Å². The smallest absolute Gasteiger partial charge is 0.193 e. The molecule has 0 heterocycles. The van der Waals surface area contributed by atoms with Crippen molar-refractivity contribution in [2.75, 3.05) is 14.1 Å². The highest BCUT2D eigenvalue weighted by atomic mass is 16.1. The Hall–Kier alpha value is -1.93. The van der Waals surface area contributed by atoms with Crippen molar-refractivity contribution < 1.29 is 9.69 Å². The zero-order valence-corrected chi connectivity index (χ0v) is 10.8. The summed E-state index contributed by atoms with van der Waals surface area (Å²) in [5.41, 5.74) is 2.74. The van der Waals surface area contributed by atoms with E-state index in [1.54, 1.807) is 0 Å². The summed E-state index contributed by atoms with van der Waals surface area (Å²) in [6.45, 7) is 0.972. The second-order valence-electron chi connectivity index (χ2n) is 4.78. The van der Waals surface area contributed by atoms with Crippen molar-refractivity contribution in [2.24, 2.45) is 0 Å². The van der Waals surface area contributed by atoms with Gasteiger partial charge in [-0.05, 0) is 0 Å². The molecule has 0 spiro atoms. The highest BCUT2D eigenvalue weighted by Crippen LogP contribution is 2.10. The first-order valence-corrected chi connectivity index (χ1v) is 6.14. The lowest BCUT2D eigenvalue weighted by Gasteiger charge is -2.07. The van der Waals surface area contributed by atoms with Crippen LogP contribution in [0.25, 0.3) is 0 Å². The van der Waals surface area contributed by atoms with Crippen LogP contribution >= 0.6 is 0 Å². The number of rotatable bonds is 4. The van der Waals surface area contributed by atoms with Crippen molar-refractivity contribution >= 4 is 5.78 Å². The van der Waals surface area contributed by atoms with E-state index < -0.39 is 0 Å². The van der Waals surface area contributed by atoms with Crippen molar-refractivity contribution in [3.8, 4) is 0 Å². The summed E-state index contributed by atoms with van der Waals surface area (Å²) >= 11 is 0.